The number of aryl methyl sites for hydroxylation is 1. The smallest absolute Gasteiger partial charge is 0.242 e. The van der Waals surface area contributed by atoms with Crippen molar-refractivity contribution < 1.29 is 18.0 Å². The summed E-state index contributed by atoms with van der Waals surface area (Å²) in [6.07, 6.45) is 2.36. The first kappa shape index (κ1) is 28.0. The van der Waals surface area contributed by atoms with Gasteiger partial charge in [0.15, 0.2) is 0 Å². The van der Waals surface area contributed by atoms with Gasteiger partial charge in [0.2, 0.25) is 21.8 Å². The molecular weight excluding hydrogens is 497 g/mol. The van der Waals surface area contributed by atoms with Gasteiger partial charge in [-0.1, -0.05) is 48.3 Å². The van der Waals surface area contributed by atoms with Crippen LogP contribution in [0.4, 0.5) is 5.69 Å². The molecule has 0 aliphatic rings. The molecule has 0 spiro atoms. The molecular formula is C24H31Cl2N3O4S. The number of rotatable bonds is 11. The van der Waals surface area contributed by atoms with E-state index < -0.39 is 16.1 Å². The molecule has 0 saturated carbocycles. The molecule has 10 heteroatoms. The second kappa shape index (κ2) is 12.4. The predicted octanol–water partition coefficient (Wildman–Crippen LogP) is 4.27. The van der Waals surface area contributed by atoms with Crippen LogP contribution in [0.1, 0.15) is 37.8 Å². The number of halogens is 2. The Morgan fingerprint density at radius 3 is 2.18 bits per heavy atom. The molecule has 34 heavy (non-hydrogen) atoms. The molecule has 0 aromatic heterocycles. The predicted molar refractivity (Wildman–Crippen MR) is 138 cm³/mol. The molecule has 0 bridgehead atoms. The maximum atomic E-state index is 13.1. The number of sulfonamides is 1. The Balaban J connectivity index is 2.15. The van der Waals surface area contributed by atoms with Crippen molar-refractivity contribution in [2.45, 2.75) is 45.7 Å². The quantitative estimate of drug-likeness (QED) is 0.472. The topological polar surface area (TPSA) is 86.8 Å². The lowest BCUT2D eigenvalue weighted by atomic mass is 10.1. The van der Waals surface area contributed by atoms with Crippen LogP contribution in [0.2, 0.25) is 10.0 Å². The fourth-order valence-electron chi connectivity index (χ4n) is 3.53. The summed E-state index contributed by atoms with van der Waals surface area (Å²) in [6, 6.07) is 11.6. The fraction of sp³-hybridized carbons (Fsp3) is 0.417. The van der Waals surface area contributed by atoms with Crippen LogP contribution in [0, 0.1) is 0 Å². The van der Waals surface area contributed by atoms with Gasteiger partial charge >= 0.3 is 0 Å². The molecule has 2 aromatic carbocycles. The van der Waals surface area contributed by atoms with Crippen LogP contribution in [0.15, 0.2) is 42.5 Å². The maximum Gasteiger partial charge on any atom is 0.242 e. The number of benzene rings is 2. The number of amides is 2. The molecule has 186 valence electrons. The van der Waals surface area contributed by atoms with E-state index in [2.05, 4.69) is 5.32 Å². The molecule has 0 heterocycles. The van der Waals surface area contributed by atoms with Gasteiger partial charge in [-0.25, -0.2) is 8.42 Å². The Kier molecular flexibility index (Phi) is 10.2. The lowest BCUT2D eigenvalue weighted by Crippen LogP contribution is -2.46. The third-order valence-electron chi connectivity index (χ3n) is 5.54. The average Bonchev–Trinajstić information content (AvgIpc) is 2.80. The molecule has 0 aliphatic carbocycles. The minimum atomic E-state index is -3.53. The molecule has 2 aromatic rings. The largest absolute Gasteiger partial charge is 0.357 e. The molecule has 1 N–H and O–H groups in total. The Hall–Kier alpha value is -2.29. The van der Waals surface area contributed by atoms with Gasteiger partial charge in [-0.15, -0.1) is 0 Å². The third-order valence-corrected chi connectivity index (χ3v) is 7.47. The maximum absolute atomic E-state index is 13.1. The molecule has 0 aliphatic heterocycles. The number of likely N-dealkylation sites (N-methyl/N-ethyl adjacent to an activating group) is 1. The minimum absolute atomic E-state index is 0.0712. The lowest BCUT2D eigenvalue weighted by Gasteiger charge is -2.29. The van der Waals surface area contributed by atoms with Crippen molar-refractivity contribution in [2.75, 3.05) is 24.2 Å². The Morgan fingerprint density at radius 2 is 1.65 bits per heavy atom. The number of hydrogen-bond acceptors (Lipinski definition) is 4. The third kappa shape index (κ3) is 7.61. The number of anilines is 1. The lowest BCUT2D eigenvalue weighted by molar-refractivity contribution is -0.140. The van der Waals surface area contributed by atoms with Crippen molar-refractivity contribution >= 4 is 50.7 Å². The Bertz CT molecular complexity index is 1110. The van der Waals surface area contributed by atoms with E-state index in [0.717, 1.165) is 23.8 Å². The van der Waals surface area contributed by atoms with E-state index >= 15 is 0 Å². The summed E-state index contributed by atoms with van der Waals surface area (Å²) in [6.45, 7) is 3.98. The van der Waals surface area contributed by atoms with Crippen molar-refractivity contribution in [2.24, 2.45) is 0 Å². The first-order valence-electron chi connectivity index (χ1n) is 11.0. The van der Waals surface area contributed by atoms with Crippen LogP contribution in [0.5, 0.6) is 0 Å². The van der Waals surface area contributed by atoms with Crippen LogP contribution in [0.25, 0.3) is 0 Å². The number of carbonyl (C=O) groups excluding carboxylic acids is 2. The van der Waals surface area contributed by atoms with Crippen LogP contribution in [-0.4, -0.2) is 51.0 Å². The summed E-state index contributed by atoms with van der Waals surface area (Å²) in [5.41, 5.74) is 2.39. The van der Waals surface area contributed by atoms with E-state index in [1.54, 1.807) is 37.3 Å². The number of carbonyl (C=O) groups is 2. The first-order valence-corrected chi connectivity index (χ1v) is 13.6. The van der Waals surface area contributed by atoms with E-state index in [-0.39, 0.29) is 31.3 Å². The zero-order valence-electron chi connectivity index (χ0n) is 19.8. The van der Waals surface area contributed by atoms with Gasteiger partial charge in [0.05, 0.1) is 22.0 Å². The van der Waals surface area contributed by atoms with Crippen molar-refractivity contribution in [3.63, 3.8) is 0 Å². The fourth-order valence-corrected chi connectivity index (χ4v) is 4.81. The molecule has 7 nitrogen and oxygen atoms in total. The normalized spacial score (nSPS) is 12.2. The van der Waals surface area contributed by atoms with Crippen LogP contribution in [0.3, 0.4) is 0 Å². The number of nitrogens with zero attached hydrogens (tertiary/aromatic N) is 2. The summed E-state index contributed by atoms with van der Waals surface area (Å²) < 4.78 is 26.1. The second-order valence-corrected chi connectivity index (χ2v) is 10.7. The monoisotopic (exact) mass is 527 g/mol. The van der Waals surface area contributed by atoms with Crippen molar-refractivity contribution in [1.82, 2.24) is 10.2 Å². The highest BCUT2D eigenvalue weighted by molar-refractivity contribution is 7.92. The van der Waals surface area contributed by atoms with Crippen molar-refractivity contribution in [1.29, 1.82) is 0 Å². The van der Waals surface area contributed by atoms with Crippen molar-refractivity contribution in [3.05, 3.63) is 63.6 Å². The van der Waals surface area contributed by atoms with Crippen LogP contribution < -0.4 is 9.62 Å². The van der Waals surface area contributed by atoms with E-state index in [4.69, 9.17) is 23.2 Å². The molecule has 0 saturated heterocycles. The highest BCUT2D eigenvalue weighted by Crippen LogP contribution is 2.24. The van der Waals surface area contributed by atoms with Gasteiger partial charge in [0.1, 0.15) is 6.04 Å². The van der Waals surface area contributed by atoms with Gasteiger partial charge in [-0.2, -0.15) is 0 Å². The zero-order valence-corrected chi connectivity index (χ0v) is 22.2. The molecule has 2 amide bonds. The Morgan fingerprint density at radius 1 is 1.03 bits per heavy atom. The molecule has 1 atom stereocenters. The van der Waals surface area contributed by atoms with Gasteiger partial charge < -0.3 is 10.2 Å². The summed E-state index contributed by atoms with van der Waals surface area (Å²) in [7, 11) is -2.02. The van der Waals surface area contributed by atoms with Crippen molar-refractivity contribution in [3.8, 4) is 0 Å². The highest BCUT2D eigenvalue weighted by Gasteiger charge is 2.26. The van der Waals surface area contributed by atoms with Crippen LogP contribution >= 0.6 is 23.2 Å². The summed E-state index contributed by atoms with van der Waals surface area (Å²) in [5.74, 6) is -0.570. The SMILES string of the molecule is CCc1ccc(N(CCCC(=O)N(Cc2ccc(Cl)c(Cl)c2)C(C)C(=O)NC)S(C)(=O)=O)cc1. The van der Waals surface area contributed by atoms with E-state index in [1.807, 2.05) is 19.1 Å². The number of nitrogens with one attached hydrogen (secondary N) is 1. The minimum Gasteiger partial charge on any atom is -0.357 e. The van der Waals surface area contributed by atoms with Gasteiger partial charge in [0.25, 0.3) is 0 Å². The standard InChI is InChI=1S/C24H31Cl2N3O4S/c1-5-18-8-11-20(12-9-18)29(34(4,32)33)14-6-7-23(30)28(17(2)24(31)27-3)16-19-10-13-21(25)22(26)15-19/h8-13,15,17H,5-7,14,16H2,1-4H3,(H,27,31). The van der Waals surface area contributed by atoms with Crippen LogP contribution in [-0.2, 0) is 32.6 Å². The Labute approximate surface area is 212 Å². The summed E-state index contributed by atoms with van der Waals surface area (Å²) in [5, 5.41) is 3.32. The van der Waals surface area contributed by atoms with E-state index in [1.165, 1.54) is 16.3 Å². The summed E-state index contributed by atoms with van der Waals surface area (Å²) in [4.78, 5) is 26.9. The first-order chi connectivity index (χ1) is 16.0. The summed E-state index contributed by atoms with van der Waals surface area (Å²) >= 11 is 12.1. The molecule has 1 unspecified atom stereocenters. The zero-order chi connectivity index (χ0) is 25.5. The van der Waals surface area contributed by atoms with Gasteiger partial charge in [-0.05, 0) is 55.2 Å². The van der Waals surface area contributed by atoms with E-state index in [0.29, 0.717) is 22.2 Å². The molecule has 0 radical (unpaired) electrons. The molecule has 2 rings (SSSR count). The molecule has 0 fully saturated rings. The highest BCUT2D eigenvalue weighted by atomic mass is 35.5. The van der Waals surface area contributed by atoms with Gasteiger partial charge in [0, 0.05) is 26.6 Å². The second-order valence-electron chi connectivity index (χ2n) is 8.02. The average molecular weight is 529 g/mol. The number of hydrogen-bond donors (Lipinski definition) is 1. The van der Waals surface area contributed by atoms with E-state index in [9.17, 15) is 18.0 Å². The van der Waals surface area contributed by atoms with Gasteiger partial charge in [-0.3, -0.25) is 13.9 Å².